The highest BCUT2D eigenvalue weighted by Gasteiger charge is 2.18. The van der Waals surface area contributed by atoms with E-state index in [0.717, 1.165) is 5.56 Å². The second-order valence-electron chi connectivity index (χ2n) is 5.29. The average Bonchev–Trinajstić information content (AvgIpc) is 2.63. The molecule has 0 unspecified atom stereocenters. The third-order valence-corrected chi connectivity index (χ3v) is 4.46. The Balaban J connectivity index is 2.08. The van der Waals surface area contributed by atoms with E-state index in [1.165, 1.54) is 6.20 Å². The quantitative estimate of drug-likeness (QED) is 0.679. The van der Waals surface area contributed by atoms with Crippen molar-refractivity contribution in [3.8, 4) is 0 Å². The number of nitrogens with zero attached hydrogens (tertiary/aromatic N) is 1. The number of hydrogen-bond acceptors (Lipinski definition) is 4. The fourth-order valence-electron chi connectivity index (χ4n) is 2.49. The van der Waals surface area contributed by atoms with Crippen LogP contribution in [0.15, 0.2) is 42.9 Å². The minimum absolute atomic E-state index is 0.283. The van der Waals surface area contributed by atoms with Crippen LogP contribution in [0.25, 0.3) is 10.9 Å². The predicted molar refractivity (Wildman–Crippen MR) is 98.0 cm³/mol. The van der Waals surface area contributed by atoms with Gasteiger partial charge in [0.1, 0.15) is 5.56 Å². The summed E-state index contributed by atoms with van der Waals surface area (Å²) in [6.07, 6.45) is 5.17. The molecule has 0 radical (unpaired) electrons. The summed E-state index contributed by atoms with van der Waals surface area (Å²) in [5.74, 6) is -0.440. The van der Waals surface area contributed by atoms with Gasteiger partial charge in [-0.2, -0.15) is 0 Å². The fourth-order valence-corrected chi connectivity index (χ4v) is 2.86. The lowest BCUT2D eigenvalue weighted by Gasteiger charge is -2.14. The van der Waals surface area contributed by atoms with Gasteiger partial charge >= 0.3 is 5.97 Å². The second kappa shape index (κ2) is 7.68. The standard InChI is InChI=1S/C18H15Cl2N3O2/c1-2-25-18(24)13-10-23-17-12(5-6-14(19)15(17)20)16(13)22-9-11-4-3-7-21-8-11/h3-8,10H,2,9H2,1H3,(H,22,23)/p+1. The minimum Gasteiger partial charge on any atom is -0.462 e. The number of carbonyl (C=O) groups is 1. The number of ether oxygens (including phenoxy) is 1. The molecule has 0 atom stereocenters. The largest absolute Gasteiger partial charge is 0.462 e. The number of rotatable bonds is 5. The van der Waals surface area contributed by atoms with E-state index in [0.29, 0.717) is 38.7 Å². The maximum absolute atomic E-state index is 12.3. The zero-order valence-electron chi connectivity index (χ0n) is 13.5. The molecule has 0 bridgehead atoms. The van der Waals surface area contributed by atoms with Gasteiger partial charge in [0, 0.05) is 29.8 Å². The summed E-state index contributed by atoms with van der Waals surface area (Å²) in [4.78, 5) is 19.6. The number of anilines is 1. The van der Waals surface area contributed by atoms with Gasteiger partial charge in [0.15, 0.2) is 12.4 Å². The van der Waals surface area contributed by atoms with E-state index in [1.807, 2.05) is 24.5 Å². The number of pyridine rings is 2. The van der Waals surface area contributed by atoms with Crippen LogP contribution in [0.1, 0.15) is 22.8 Å². The number of aromatic nitrogens is 2. The lowest BCUT2D eigenvalue weighted by atomic mass is 10.1. The van der Waals surface area contributed by atoms with E-state index in [1.54, 1.807) is 19.1 Å². The van der Waals surface area contributed by atoms with Gasteiger partial charge in [-0.15, -0.1) is 0 Å². The van der Waals surface area contributed by atoms with Crippen molar-refractivity contribution >= 4 is 45.8 Å². The SMILES string of the molecule is CCOC(=O)c1cnc2c(Cl)c(Cl)ccc2c1NCc1ccc[nH+]c1. The van der Waals surface area contributed by atoms with Gasteiger partial charge < -0.3 is 10.1 Å². The molecule has 0 aliphatic rings. The molecule has 7 heteroatoms. The zero-order chi connectivity index (χ0) is 17.8. The number of carbonyl (C=O) groups excluding carboxylic acids is 1. The summed E-state index contributed by atoms with van der Waals surface area (Å²) in [5, 5.41) is 4.77. The summed E-state index contributed by atoms with van der Waals surface area (Å²) < 4.78 is 5.14. The normalized spacial score (nSPS) is 10.7. The summed E-state index contributed by atoms with van der Waals surface area (Å²) >= 11 is 12.3. The van der Waals surface area contributed by atoms with Crippen molar-refractivity contribution in [3.63, 3.8) is 0 Å². The summed E-state index contributed by atoms with van der Waals surface area (Å²) in [6.45, 7) is 2.56. The highest BCUT2D eigenvalue weighted by molar-refractivity contribution is 6.45. The molecule has 0 saturated heterocycles. The molecule has 0 amide bonds. The summed E-state index contributed by atoms with van der Waals surface area (Å²) in [6, 6.07) is 7.36. The van der Waals surface area contributed by atoms with Crippen molar-refractivity contribution in [2.45, 2.75) is 13.5 Å². The third-order valence-electron chi connectivity index (χ3n) is 3.67. The van der Waals surface area contributed by atoms with Crippen LogP contribution in [0.3, 0.4) is 0 Å². The Hall–Kier alpha value is -2.37. The molecule has 0 aliphatic carbocycles. The molecule has 25 heavy (non-hydrogen) atoms. The summed E-state index contributed by atoms with van der Waals surface area (Å²) in [7, 11) is 0. The van der Waals surface area contributed by atoms with E-state index in [9.17, 15) is 4.79 Å². The first-order chi connectivity index (χ1) is 12.1. The van der Waals surface area contributed by atoms with Crippen LogP contribution in [0.2, 0.25) is 10.0 Å². The number of benzene rings is 1. The van der Waals surface area contributed by atoms with Crippen molar-refractivity contribution < 1.29 is 14.5 Å². The van der Waals surface area contributed by atoms with Crippen LogP contribution in [-0.2, 0) is 11.3 Å². The van der Waals surface area contributed by atoms with Gasteiger partial charge in [-0.05, 0) is 25.1 Å². The molecule has 3 aromatic rings. The fraction of sp³-hybridized carbons (Fsp3) is 0.167. The molecule has 2 aromatic heterocycles. The first kappa shape index (κ1) is 17.5. The Bertz CT molecular complexity index is 917. The smallest absolute Gasteiger partial charge is 0.341 e. The molecule has 128 valence electrons. The van der Waals surface area contributed by atoms with Crippen LogP contribution >= 0.6 is 23.2 Å². The van der Waals surface area contributed by atoms with E-state index >= 15 is 0 Å². The number of H-pyrrole nitrogens is 1. The number of halogens is 2. The van der Waals surface area contributed by atoms with Crippen molar-refractivity contribution in [2.75, 3.05) is 11.9 Å². The van der Waals surface area contributed by atoms with Gasteiger partial charge in [0.25, 0.3) is 0 Å². The molecule has 0 fully saturated rings. The average molecular weight is 377 g/mol. The molecule has 0 aliphatic heterocycles. The van der Waals surface area contributed by atoms with Crippen LogP contribution in [0, 0.1) is 0 Å². The highest BCUT2D eigenvalue weighted by atomic mass is 35.5. The first-order valence-electron chi connectivity index (χ1n) is 7.74. The Morgan fingerprint density at radius 1 is 1.32 bits per heavy atom. The number of esters is 1. The van der Waals surface area contributed by atoms with Crippen molar-refractivity contribution in [3.05, 3.63) is 64.0 Å². The van der Waals surface area contributed by atoms with Gasteiger partial charge in [-0.3, -0.25) is 4.98 Å². The Labute approximate surface area is 155 Å². The number of fused-ring (bicyclic) bond motifs is 1. The molecular weight excluding hydrogens is 361 g/mol. The monoisotopic (exact) mass is 376 g/mol. The van der Waals surface area contributed by atoms with E-state index in [2.05, 4.69) is 15.3 Å². The van der Waals surface area contributed by atoms with E-state index < -0.39 is 5.97 Å². The number of nitrogens with one attached hydrogen (secondary N) is 2. The second-order valence-corrected chi connectivity index (χ2v) is 6.08. The molecule has 2 N–H and O–H groups in total. The molecule has 5 nitrogen and oxygen atoms in total. The Morgan fingerprint density at radius 2 is 2.16 bits per heavy atom. The maximum Gasteiger partial charge on any atom is 0.341 e. The van der Waals surface area contributed by atoms with E-state index in [4.69, 9.17) is 27.9 Å². The molecule has 3 rings (SSSR count). The van der Waals surface area contributed by atoms with Crippen LogP contribution in [-0.4, -0.2) is 17.6 Å². The lowest BCUT2D eigenvalue weighted by molar-refractivity contribution is -0.378. The number of hydrogen-bond donors (Lipinski definition) is 1. The van der Waals surface area contributed by atoms with Crippen LogP contribution in [0.4, 0.5) is 5.69 Å². The van der Waals surface area contributed by atoms with Gasteiger partial charge in [-0.1, -0.05) is 23.2 Å². The van der Waals surface area contributed by atoms with Crippen molar-refractivity contribution in [1.29, 1.82) is 0 Å². The van der Waals surface area contributed by atoms with Crippen molar-refractivity contribution in [1.82, 2.24) is 4.98 Å². The van der Waals surface area contributed by atoms with Crippen LogP contribution in [0.5, 0.6) is 0 Å². The van der Waals surface area contributed by atoms with Gasteiger partial charge in [0.2, 0.25) is 0 Å². The molecule has 1 aromatic carbocycles. The van der Waals surface area contributed by atoms with Gasteiger partial charge in [-0.25, -0.2) is 9.78 Å². The third kappa shape index (κ3) is 3.67. The summed E-state index contributed by atoms with van der Waals surface area (Å²) in [5.41, 5.74) is 2.53. The van der Waals surface area contributed by atoms with E-state index in [-0.39, 0.29) is 6.61 Å². The minimum atomic E-state index is -0.440. The Morgan fingerprint density at radius 3 is 2.88 bits per heavy atom. The maximum atomic E-state index is 12.3. The molecular formula is C18H16Cl2N3O2+. The highest BCUT2D eigenvalue weighted by Crippen LogP contribution is 2.35. The first-order valence-corrected chi connectivity index (χ1v) is 8.50. The topological polar surface area (TPSA) is 65.4 Å². The van der Waals surface area contributed by atoms with Gasteiger partial charge in [0.05, 0.1) is 27.9 Å². The van der Waals surface area contributed by atoms with Crippen LogP contribution < -0.4 is 10.3 Å². The predicted octanol–water partition coefficient (Wildman–Crippen LogP) is 4.14. The Kier molecular flexibility index (Phi) is 5.36. The molecule has 0 saturated carbocycles. The lowest BCUT2D eigenvalue weighted by Crippen LogP contribution is -2.12. The van der Waals surface area contributed by atoms with Crippen molar-refractivity contribution in [2.24, 2.45) is 0 Å². The molecule has 2 heterocycles. The zero-order valence-corrected chi connectivity index (χ0v) is 15.0. The number of aromatic amines is 1. The molecule has 0 spiro atoms.